The SMILES string of the molecule is COc1ccc(CN(C)C(=O)Cn2cnc3c(Cl)cc(Cl)cc3c2=O)cc1F. The normalized spacial score (nSPS) is 10.9. The molecule has 0 aliphatic rings. The number of rotatable bonds is 5. The second-order valence-corrected chi connectivity index (χ2v) is 7.02. The number of benzene rings is 2. The monoisotopic (exact) mass is 423 g/mol. The number of nitrogens with zero attached hydrogens (tertiary/aromatic N) is 3. The summed E-state index contributed by atoms with van der Waals surface area (Å²) in [7, 11) is 2.95. The summed E-state index contributed by atoms with van der Waals surface area (Å²) in [4.78, 5) is 30.7. The van der Waals surface area contributed by atoms with Gasteiger partial charge in [-0.15, -0.1) is 0 Å². The molecule has 2 aromatic carbocycles. The number of aromatic nitrogens is 2. The number of methoxy groups -OCH3 is 1. The van der Waals surface area contributed by atoms with Gasteiger partial charge in [0.15, 0.2) is 11.6 Å². The Morgan fingerprint density at radius 3 is 2.71 bits per heavy atom. The summed E-state index contributed by atoms with van der Waals surface area (Å²) in [5.41, 5.74) is 0.491. The molecule has 1 aromatic heterocycles. The molecule has 3 rings (SSSR count). The Bertz CT molecular complexity index is 1120. The van der Waals surface area contributed by atoms with E-state index in [-0.39, 0.29) is 35.2 Å². The Labute approximate surface area is 170 Å². The van der Waals surface area contributed by atoms with Crippen molar-refractivity contribution in [2.75, 3.05) is 14.2 Å². The van der Waals surface area contributed by atoms with Crippen molar-refractivity contribution in [1.29, 1.82) is 0 Å². The summed E-state index contributed by atoms with van der Waals surface area (Å²) in [5.74, 6) is -0.721. The molecule has 0 aliphatic heterocycles. The van der Waals surface area contributed by atoms with Gasteiger partial charge in [-0.1, -0.05) is 29.3 Å². The van der Waals surface area contributed by atoms with Crippen molar-refractivity contribution in [3.05, 3.63) is 68.4 Å². The van der Waals surface area contributed by atoms with Crippen LogP contribution in [0.25, 0.3) is 10.9 Å². The van der Waals surface area contributed by atoms with Gasteiger partial charge < -0.3 is 9.64 Å². The first kappa shape index (κ1) is 20.1. The number of carbonyl (C=O) groups is 1. The van der Waals surface area contributed by atoms with Crippen LogP contribution in [0.15, 0.2) is 41.5 Å². The Kier molecular flexibility index (Phi) is 5.86. The molecule has 6 nitrogen and oxygen atoms in total. The summed E-state index contributed by atoms with van der Waals surface area (Å²) in [6, 6.07) is 7.42. The first-order valence-electron chi connectivity index (χ1n) is 8.20. The van der Waals surface area contributed by atoms with Crippen molar-refractivity contribution in [2.24, 2.45) is 0 Å². The highest BCUT2D eigenvalue weighted by Gasteiger charge is 2.15. The van der Waals surface area contributed by atoms with Crippen molar-refractivity contribution in [2.45, 2.75) is 13.1 Å². The minimum Gasteiger partial charge on any atom is -0.494 e. The fourth-order valence-electron chi connectivity index (χ4n) is 2.74. The first-order valence-corrected chi connectivity index (χ1v) is 8.96. The van der Waals surface area contributed by atoms with E-state index >= 15 is 0 Å². The predicted octanol–water partition coefficient (Wildman–Crippen LogP) is 3.51. The third-order valence-electron chi connectivity index (χ3n) is 4.21. The smallest absolute Gasteiger partial charge is 0.261 e. The van der Waals surface area contributed by atoms with E-state index in [1.54, 1.807) is 13.1 Å². The molecule has 0 fully saturated rings. The molecule has 146 valence electrons. The highest BCUT2D eigenvalue weighted by Crippen LogP contribution is 2.24. The van der Waals surface area contributed by atoms with Gasteiger partial charge >= 0.3 is 0 Å². The second-order valence-electron chi connectivity index (χ2n) is 6.18. The van der Waals surface area contributed by atoms with Crippen LogP contribution in [-0.2, 0) is 17.9 Å². The molecule has 9 heteroatoms. The van der Waals surface area contributed by atoms with Gasteiger partial charge in [0, 0.05) is 18.6 Å². The number of likely N-dealkylation sites (N-methyl/N-ethyl adjacent to an activating group) is 1. The molecular weight excluding hydrogens is 408 g/mol. The van der Waals surface area contributed by atoms with Crippen molar-refractivity contribution in [3.63, 3.8) is 0 Å². The van der Waals surface area contributed by atoms with Crippen molar-refractivity contribution >= 4 is 40.0 Å². The van der Waals surface area contributed by atoms with Gasteiger partial charge in [0.05, 0.1) is 29.4 Å². The van der Waals surface area contributed by atoms with Crippen LogP contribution in [0.2, 0.25) is 10.0 Å². The molecule has 0 radical (unpaired) electrons. The molecule has 0 saturated carbocycles. The van der Waals surface area contributed by atoms with Crippen LogP contribution in [-0.4, -0.2) is 34.5 Å². The number of carbonyl (C=O) groups excluding carboxylic acids is 1. The lowest BCUT2D eigenvalue weighted by molar-refractivity contribution is -0.131. The second kappa shape index (κ2) is 8.16. The summed E-state index contributed by atoms with van der Waals surface area (Å²) in [5, 5.41) is 0.795. The molecule has 0 N–H and O–H groups in total. The van der Waals surface area contributed by atoms with Gasteiger partial charge in [0.1, 0.15) is 6.54 Å². The standard InChI is InChI=1S/C19H16Cl2FN3O3/c1-24(8-11-3-4-16(28-2)15(22)5-11)17(26)9-25-10-23-18-13(19(25)27)6-12(20)7-14(18)21/h3-7,10H,8-9H2,1-2H3. The van der Waals surface area contributed by atoms with E-state index in [1.807, 2.05) is 0 Å². The molecule has 1 amide bonds. The lowest BCUT2D eigenvalue weighted by Crippen LogP contribution is -2.33. The zero-order chi connectivity index (χ0) is 20.4. The molecule has 0 atom stereocenters. The van der Waals surface area contributed by atoms with E-state index in [0.29, 0.717) is 16.1 Å². The third-order valence-corrected chi connectivity index (χ3v) is 4.72. The van der Waals surface area contributed by atoms with Crippen LogP contribution >= 0.6 is 23.2 Å². The van der Waals surface area contributed by atoms with Crippen molar-refractivity contribution < 1.29 is 13.9 Å². The highest BCUT2D eigenvalue weighted by atomic mass is 35.5. The molecule has 0 aliphatic carbocycles. The lowest BCUT2D eigenvalue weighted by Gasteiger charge is -2.18. The average Bonchev–Trinajstić information content (AvgIpc) is 2.64. The highest BCUT2D eigenvalue weighted by molar-refractivity contribution is 6.38. The van der Waals surface area contributed by atoms with Gasteiger partial charge in [-0.05, 0) is 29.8 Å². The predicted molar refractivity (Wildman–Crippen MR) is 105 cm³/mol. The maximum absolute atomic E-state index is 13.8. The van der Waals surface area contributed by atoms with Crippen molar-refractivity contribution in [1.82, 2.24) is 14.5 Å². The molecule has 0 unspecified atom stereocenters. The van der Waals surface area contributed by atoms with Gasteiger partial charge in [-0.25, -0.2) is 9.37 Å². The van der Waals surface area contributed by atoms with Gasteiger partial charge in [0.2, 0.25) is 5.91 Å². The van der Waals surface area contributed by atoms with E-state index in [0.717, 1.165) is 0 Å². The van der Waals surface area contributed by atoms with E-state index in [9.17, 15) is 14.0 Å². The Morgan fingerprint density at radius 2 is 2.04 bits per heavy atom. The van der Waals surface area contributed by atoms with Crippen LogP contribution in [0.5, 0.6) is 5.75 Å². The number of amides is 1. The number of hydrogen-bond acceptors (Lipinski definition) is 4. The fraction of sp³-hybridized carbons (Fsp3) is 0.211. The van der Waals surface area contributed by atoms with Gasteiger partial charge in [-0.3, -0.25) is 14.2 Å². The maximum atomic E-state index is 13.8. The Morgan fingerprint density at radius 1 is 1.29 bits per heavy atom. The largest absolute Gasteiger partial charge is 0.494 e. The molecule has 0 saturated heterocycles. The fourth-order valence-corrected chi connectivity index (χ4v) is 3.29. The number of fused-ring (bicyclic) bond motifs is 1. The zero-order valence-corrected chi connectivity index (χ0v) is 16.6. The van der Waals surface area contributed by atoms with Gasteiger partial charge in [0.25, 0.3) is 5.56 Å². The molecule has 0 spiro atoms. The number of halogens is 3. The van der Waals surface area contributed by atoms with E-state index in [1.165, 1.54) is 47.2 Å². The van der Waals surface area contributed by atoms with E-state index in [2.05, 4.69) is 4.98 Å². The summed E-state index contributed by atoms with van der Waals surface area (Å²) in [6.07, 6.45) is 1.27. The maximum Gasteiger partial charge on any atom is 0.261 e. The average molecular weight is 424 g/mol. The number of hydrogen-bond donors (Lipinski definition) is 0. The van der Waals surface area contributed by atoms with Gasteiger partial charge in [-0.2, -0.15) is 0 Å². The minimum absolute atomic E-state index is 0.129. The molecule has 0 bridgehead atoms. The van der Waals surface area contributed by atoms with E-state index < -0.39 is 11.4 Å². The summed E-state index contributed by atoms with van der Waals surface area (Å²) < 4.78 is 19.9. The summed E-state index contributed by atoms with van der Waals surface area (Å²) >= 11 is 12.0. The molecule has 3 aromatic rings. The molecule has 28 heavy (non-hydrogen) atoms. The minimum atomic E-state index is -0.510. The number of ether oxygens (including phenoxy) is 1. The lowest BCUT2D eigenvalue weighted by atomic mass is 10.2. The summed E-state index contributed by atoms with van der Waals surface area (Å²) in [6.45, 7) is -0.0474. The molecular formula is C19H16Cl2FN3O3. The quantitative estimate of drug-likeness (QED) is 0.629. The van der Waals surface area contributed by atoms with Crippen LogP contribution in [0.1, 0.15) is 5.56 Å². The van der Waals surface area contributed by atoms with Crippen LogP contribution in [0, 0.1) is 5.82 Å². The van der Waals surface area contributed by atoms with Crippen molar-refractivity contribution in [3.8, 4) is 5.75 Å². The van der Waals surface area contributed by atoms with Crippen LogP contribution in [0.3, 0.4) is 0 Å². The van der Waals surface area contributed by atoms with Crippen LogP contribution < -0.4 is 10.3 Å². The zero-order valence-electron chi connectivity index (χ0n) is 15.1. The molecule has 1 heterocycles. The first-order chi connectivity index (χ1) is 13.3. The van der Waals surface area contributed by atoms with Crippen LogP contribution in [0.4, 0.5) is 4.39 Å². The topological polar surface area (TPSA) is 64.4 Å². The van der Waals surface area contributed by atoms with E-state index in [4.69, 9.17) is 27.9 Å². The third kappa shape index (κ3) is 4.10. The Hall–Kier alpha value is -2.64. The Balaban J connectivity index is 1.79.